The minimum Gasteiger partial charge on any atom is -0.391 e. The summed E-state index contributed by atoms with van der Waals surface area (Å²) in [6.45, 7) is 0. The van der Waals surface area contributed by atoms with Crippen molar-refractivity contribution in [3.05, 3.63) is 33.8 Å². The molecule has 0 spiro atoms. The first-order valence-corrected chi connectivity index (χ1v) is 6.89. The molecule has 2 aromatic rings. The van der Waals surface area contributed by atoms with Gasteiger partial charge in [0.15, 0.2) is 5.15 Å². The molecule has 2 heterocycles. The number of carbonyl (C=O) groups is 1. The smallest absolute Gasteiger partial charge is 0.391 e. The van der Waals surface area contributed by atoms with Crippen LogP contribution in [0.5, 0.6) is 5.88 Å². The molecule has 0 aliphatic heterocycles. The van der Waals surface area contributed by atoms with E-state index in [9.17, 15) is 4.79 Å². The standard InChI is InChI=1S/C10H5Cl3N4O2S/c11-5-2-16-7(3-15-5)20-4-1-6(19-10(14)18)17-9(13)8(4)12/h1-3H,(H2,14,18). The van der Waals surface area contributed by atoms with Gasteiger partial charge in [0, 0.05) is 11.0 Å². The first-order chi connectivity index (χ1) is 9.45. The van der Waals surface area contributed by atoms with E-state index in [2.05, 4.69) is 19.7 Å². The van der Waals surface area contributed by atoms with E-state index in [1.54, 1.807) is 0 Å². The third-order valence-corrected chi connectivity index (χ3v) is 3.90. The SMILES string of the molecule is NC(=O)Oc1cc(Sc2cnc(Cl)cn2)c(Cl)c(Cl)n1. The number of nitrogens with two attached hydrogens (primary N) is 1. The molecule has 0 unspecified atom stereocenters. The van der Waals surface area contributed by atoms with E-state index < -0.39 is 6.09 Å². The van der Waals surface area contributed by atoms with Crippen LogP contribution >= 0.6 is 46.6 Å². The van der Waals surface area contributed by atoms with Gasteiger partial charge in [0.25, 0.3) is 0 Å². The molecule has 6 nitrogen and oxygen atoms in total. The fourth-order valence-corrected chi connectivity index (χ4v) is 2.48. The third-order valence-electron chi connectivity index (χ3n) is 1.88. The number of rotatable bonds is 3. The van der Waals surface area contributed by atoms with Crippen molar-refractivity contribution in [2.75, 3.05) is 0 Å². The van der Waals surface area contributed by atoms with E-state index in [1.807, 2.05) is 0 Å². The van der Waals surface area contributed by atoms with Crippen molar-refractivity contribution < 1.29 is 9.53 Å². The highest BCUT2D eigenvalue weighted by molar-refractivity contribution is 7.99. The van der Waals surface area contributed by atoms with Gasteiger partial charge < -0.3 is 10.5 Å². The number of aromatic nitrogens is 3. The van der Waals surface area contributed by atoms with E-state index in [0.29, 0.717) is 9.92 Å². The first-order valence-electron chi connectivity index (χ1n) is 4.94. The Labute approximate surface area is 132 Å². The van der Waals surface area contributed by atoms with E-state index in [1.165, 1.54) is 18.5 Å². The molecule has 2 rings (SSSR count). The molecule has 0 radical (unpaired) electrons. The zero-order valence-electron chi connectivity index (χ0n) is 9.51. The molecule has 0 saturated heterocycles. The maximum Gasteiger partial charge on any atom is 0.411 e. The van der Waals surface area contributed by atoms with E-state index in [4.69, 9.17) is 40.5 Å². The first kappa shape index (κ1) is 15.1. The fourth-order valence-electron chi connectivity index (χ4n) is 1.15. The second-order valence-electron chi connectivity index (χ2n) is 3.26. The van der Waals surface area contributed by atoms with Crippen molar-refractivity contribution in [2.24, 2.45) is 5.73 Å². The van der Waals surface area contributed by atoms with Crippen LogP contribution in [0, 0.1) is 0 Å². The molecule has 104 valence electrons. The Morgan fingerprint density at radius 3 is 2.60 bits per heavy atom. The molecule has 0 fully saturated rings. The van der Waals surface area contributed by atoms with Gasteiger partial charge in [0.1, 0.15) is 10.2 Å². The normalized spacial score (nSPS) is 10.3. The zero-order chi connectivity index (χ0) is 14.7. The Kier molecular flexibility index (Phi) is 4.87. The summed E-state index contributed by atoms with van der Waals surface area (Å²) in [5.41, 5.74) is 4.91. The van der Waals surface area contributed by atoms with E-state index >= 15 is 0 Å². The van der Waals surface area contributed by atoms with E-state index in [-0.39, 0.29) is 21.2 Å². The Hall–Kier alpha value is -1.28. The quantitative estimate of drug-likeness (QED) is 0.852. The van der Waals surface area contributed by atoms with Gasteiger partial charge >= 0.3 is 6.09 Å². The van der Waals surface area contributed by atoms with Crippen LogP contribution in [0.1, 0.15) is 0 Å². The molecule has 0 aromatic carbocycles. The topological polar surface area (TPSA) is 91.0 Å². The summed E-state index contributed by atoms with van der Waals surface area (Å²) < 4.78 is 4.66. The van der Waals surface area contributed by atoms with Gasteiger partial charge in [-0.05, 0) is 0 Å². The Balaban J connectivity index is 2.32. The number of amides is 1. The van der Waals surface area contributed by atoms with Crippen molar-refractivity contribution >= 4 is 52.7 Å². The molecule has 2 N–H and O–H groups in total. The van der Waals surface area contributed by atoms with Crippen LogP contribution in [0.15, 0.2) is 28.4 Å². The number of primary amides is 1. The Morgan fingerprint density at radius 1 is 1.25 bits per heavy atom. The molecular formula is C10H5Cl3N4O2S. The number of hydrogen-bond donors (Lipinski definition) is 1. The van der Waals surface area contributed by atoms with Crippen LogP contribution < -0.4 is 10.5 Å². The van der Waals surface area contributed by atoms with Crippen LogP contribution in [0.2, 0.25) is 15.3 Å². The summed E-state index contributed by atoms with van der Waals surface area (Å²) in [5.74, 6) is -0.0590. The number of halogens is 3. The van der Waals surface area contributed by atoms with Crippen LogP contribution in [0.25, 0.3) is 0 Å². The molecule has 10 heteroatoms. The van der Waals surface area contributed by atoms with Crippen molar-refractivity contribution in [1.82, 2.24) is 15.0 Å². The lowest BCUT2D eigenvalue weighted by atomic mass is 10.5. The molecule has 1 amide bonds. The van der Waals surface area contributed by atoms with Crippen LogP contribution in [0.3, 0.4) is 0 Å². The van der Waals surface area contributed by atoms with Gasteiger partial charge in [0.2, 0.25) is 5.88 Å². The second kappa shape index (κ2) is 6.45. The van der Waals surface area contributed by atoms with Gasteiger partial charge in [-0.3, -0.25) is 0 Å². The zero-order valence-corrected chi connectivity index (χ0v) is 12.6. The number of carbonyl (C=O) groups excluding carboxylic acids is 1. The third kappa shape index (κ3) is 3.86. The predicted octanol–water partition coefficient (Wildman–Crippen LogP) is 3.44. The summed E-state index contributed by atoms with van der Waals surface area (Å²) >= 11 is 18.7. The monoisotopic (exact) mass is 350 g/mol. The van der Waals surface area contributed by atoms with Crippen molar-refractivity contribution in [1.29, 1.82) is 0 Å². The maximum absolute atomic E-state index is 10.7. The summed E-state index contributed by atoms with van der Waals surface area (Å²) in [5, 5.41) is 0.981. The number of pyridine rings is 1. The fraction of sp³-hybridized carbons (Fsp3) is 0. The highest BCUT2D eigenvalue weighted by Crippen LogP contribution is 2.37. The van der Waals surface area contributed by atoms with Crippen LogP contribution in [-0.4, -0.2) is 21.0 Å². The summed E-state index contributed by atoms with van der Waals surface area (Å²) in [6, 6.07) is 1.42. The van der Waals surface area contributed by atoms with Gasteiger partial charge in [-0.25, -0.2) is 14.8 Å². The minimum absolute atomic E-state index is 0.0187. The average molecular weight is 352 g/mol. The largest absolute Gasteiger partial charge is 0.411 e. The Bertz CT molecular complexity index is 654. The lowest BCUT2D eigenvalue weighted by Gasteiger charge is -2.07. The predicted molar refractivity (Wildman–Crippen MR) is 75.6 cm³/mol. The molecule has 0 aliphatic rings. The van der Waals surface area contributed by atoms with Crippen LogP contribution in [-0.2, 0) is 0 Å². The van der Waals surface area contributed by atoms with Gasteiger partial charge in [-0.2, -0.15) is 4.98 Å². The summed E-state index contributed by atoms with van der Waals surface area (Å²) in [6.07, 6.45) is 1.85. The molecule has 0 aliphatic carbocycles. The number of ether oxygens (including phenoxy) is 1. The van der Waals surface area contributed by atoms with Crippen molar-refractivity contribution in [3.63, 3.8) is 0 Å². The highest BCUT2D eigenvalue weighted by atomic mass is 35.5. The number of nitrogens with zero attached hydrogens (tertiary/aromatic N) is 3. The Morgan fingerprint density at radius 2 is 2.00 bits per heavy atom. The van der Waals surface area contributed by atoms with Gasteiger partial charge in [-0.1, -0.05) is 46.6 Å². The van der Waals surface area contributed by atoms with E-state index in [0.717, 1.165) is 11.8 Å². The number of hydrogen-bond acceptors (Lipinski definition) is 6. The molecule has 0 saturated carbocycles. The lowest BCUT2D eigenvalue weighted by Crippen LogP contribution is -2.17. The molecule has 0 bridgehead atoms. The van der Waals surface area contributed by atoms with Gasteiger partial charge in [-0.15, -0.1) is 0 Å². The lowest BCUT2D eigenvalue weighted by molar-refractivity contribution is 0.209. The molecular weight excluding hydrogens is 347 g/mol. The molecule has 2 aromatic heterocycles. The molecule has 20 heavy (non-hydrogen) atoms. The minimum atomic E-state index is -1.00. The van der Waals surface area contributed by atoms with Crippen molar-refractivity contribution in [3.8, 4) is 5.88 Å². The summed E-state index contributed by atoms with van der Waals surface area (Å²) in [7, 11) is 0. The summed E-state index contributed by atoms with van der Waals surface area (Å²) in [4.78, 5) is 22.9. The second-order valence-corrected chi connectivity index (χ2v) is 5.45. The van der Waals surface area contributed by atoms with Crippen molar-refractivity contribution in [2.45, 2.75) is 9.92 Å². The van der Waals surface area contributed by atoms with Gasteiger partial charge in [0.05, 0.1) is 17.4 Å². The van der Waals surface area contributed by atoms with Crippen LogP contribution in [0.4, 0.5) is 4.79 Å². The average Bonchev–Trinajstić information content (AvgIpc) is 2.37. The maximum atomic E-state index is 10.7. The highest BCUT2D eigenvalue weighted by Gasteiger charge is 2.13. The molecule has 0 atom stereocenters.